The summed E-state index contributed by atoms with van der Waals surface area (Å²) in [4.78, 5) is 42.1. The third-order valence-electron chi connectivity index (χ3n) is 9.99. The molecule has 0 radical (unpaired) electrons. The molecule has 13 nitrogen and oxygen atoms in total. The molecule has 3 aromatic carbocycles. The van der Waals surface area contributed by atoms with E-state index in [4.69, 9.17) is 14.2 Å². The number of ether oxygens (including phenoxy) is 3. The second-order valence-electron chi connectivity index (χ2n) is 15.4. The van der Waals surface area contributed by atoms with E-state index in [2.05, 4.69) is 15.6 Å². The highest BCUT2D eigenvalue weighted by Crippen LogP contribution is 2.32. The van der Waals surface area contributed by atoms with Gasteiger partial charge in [-0.25, -0.2) is 20.0 Å². The highest BCUT2D eigenvalue weighted by Gasteiger charge is 2.37. The molecule has 0 bridgehead atoms. The zero-order chi connectivity index (χ0) is 39.5. The van der Waals surface area contributed by atoms with Crippen LogP contribution in [0.2, 0.25) is 0 Å². The van der Waals surface area contributed by atoms with E-state index in [1.807, 2.05) is 78.9 Å². The summed E-state index contributed by atoms with van der Waals surface area (Å²) in [7, 11) is 0. The first-order chi connectivity index (χ1) is 26.3. The number of nitrogens with one attached hydrogen (secondary N) is 2. The third kappa shape index (κ3) is 12.2. The number of amides is 2. The number of rotatable bonds is 17. The number of morpholine rings is 1. The smallest absolute Gasteiger partial charge is 0.425 e. The summed E-state index contributed by atoms with van der Waals surface area (Å²) in [6, 6.07) is 21.5. The van der Waals surface area contributed by atoms with Crippen molar-refractivity contribution in [2.24, 2.45) is 5.92 Å². The molecular weight excluding hydrogens is 704 g/mol. The van der Waals surface area contributed by atoms with Crippen molar-refractivity contribution in [3.05, 3.63) is 101 Å². The van der Waals surface area contributed by atoms with Gasteiger partial charge in [0.2, 0.25) is 5.91 Å². The fourth-order valence-corrected chi connectivity index (χ4v) is 6.94. The predicted molar refractivity (Wildman–Crippen MR) is 206 cm³/mol. The summed E-state index contributed by atoms with van der Waals surface area (Å²) < 4.78 is 17.0. The second-order valence-corrected chi connectivity index (χ2v) is 15.4. The van der Waals surface area contributed by atoms with Gasteiger partial charge in [-0.15, -0.1) is 0 Å². The Kier molecular flexibility index (Phi) is 14.7. The van der Waals surface area contributed by atoms with E-state index in [1.165, 1.54) is 6.92 Å². The van der Waals surface area contributed by atoms with Crippen molar-refractivity contribution in [3.8, 4) is 5.75 Å². The molecule has 3 aromatic rings. The molecule has 5 rings (SSSR count). The van der Waals surface area contributed by atoms with Crippen LogP contribution in [0.5, 0.6) is 5.75 Å². The first kappa shape index (κ1) is 41.6. The van der Waals surface area contributed by atoms with Gasteiger partial charge in [-0.3, -0.25) is 9.69 Å². The average molecular weight is 761 g/mol. The Morgan fingerprint density at radius 2 is 1.60 bits per heavy atom. The molecule has 0 spiro atoms. The number of nitrogens with zero attached hydrogens (tertiary/aromatic N) is 2. The summed E-state index contributed by atoms with van der Waals surface area (Å²) in [5.41, 5.74) is 5.54. The van der Waals surface area contributed by atoms with Crippen LogP contribution in [0.25, 0.3) is 0 Å². The van der Waals surface area contributed by atoms with Crippen LogP contribution in [-0.2, 0) is 38.3 Å². The number of carboxylic acids is 1. The highest BCUT2D eigenvalue weighted by atomic mass is 16.6. The summed E-state index contributed by atoms with van der Waals surface area (Å²) in [6.07, 6.45) is -2.16. The molecule has 2 aliphatic rings. The Morgan fingerprint density at radius 3 is 2.27 bits per heavy atom. The second kappa shape index (κ2) is 19.4. The fraction of sp³-hybridized carbons (Fsp3) is 0.500. The molecule has 1 heterocycles. The van der Waals surface area contributed by atoms with Crippen LogP contribution in [0.3, 0.4) is 0 Å². The number of benzene rings is 3. The Balaban J connectivity index is 1.38. The Hall–Kier alpha value is -4.53. The van der Waals surface area contributed by atoms with Gasteiger partial charge in [0.15, 0.2) is 0 Å². The van der Waals surface area contributed by atoms with Crippen molar-refractivity contribution < 1.29 is 43.9 Å². The number of hydrogen-bond donors (Lipinski definition) is 5. The lowest BCUT2D eigenvalue weighted by Gasteiger charge is -2.35. The summed E-state index contributed by atoms with van der Waals surface area (Å²) >= 11 is 0. The van der Waals surface area contributed by atoms with E-state index in [1.54, 1.807) is 20.8 Å². The molecule has 5 N–H and O–H groups in total. The first-order valence-corrected chi connectivity index (χ1v) is 19.1. The van der Waals surface area contributed by atoms with Gasteiger partial charge < -0.3 is 34.8 Å². The van der Waals surface area contributed by atoms with E-state index >= 15 is 0 Å². The molecule has 6 atom stereocenters. The molecule has 1 aliphatic heterocycles. The normalized spacial score (nSPS) is 19.4. The van der Waals surface area contributed by atoms with Crippen molar-refractivity contribution in [1.29, 1.82) is 0 Å². The molecular formula is C42H56N4O9. The minimum atomic E-state index is -1.35. The largest absolute Gasteiger partial charge is 0.492 e. The lowest BCUT2D eigenvalue weighted by Crippen LogP contribution is -2.59. The van der Waals surface area contributed by atoms with Crippen molar-refractivity contribution in [3.63, 3.8) is 0 Å². The summed E-state index contributed by atoms with van der Waals surface area (Å²) in [5.74, 6) is -1.71. The van der Waals surface area contributed by atoms with Crippen LogP contribution >= 0.6 is 0 Å². The Labute approximate surface area is 323 Å². The zero-order valence-electron chi connectivity index (χ0n) is 32.2. The number of carbonyl (C=O) groups excluding carboxylic acids is 2. The van der Waals surface area contributed by atoms with E-state index < -0.39 is 53.9 Å². The van der Waals surface area contributed by atoms with Gasteiger partial charge in [-0.2, -0.15) is 0 Å². The molecule has 0 unspecified atom stereocenters. The molecule has 1 saturated heterocycles. The van der Waals surface area contributed by atoms with Crippen molar-refractivity contribution in [2.75, 3.05) is 39.5 Å². The van der Waals surface area contributed by atoms with Gasteiger partial charge in [0.1, 0.15) is 24.0 Å². The average Bonchev–Trinajstić information content (AvgIpc) is 3.47. The molecule has 1 aliphatic carbocycles. The number of hydrazine groups is 1. The Bertz CT molecular complexity index is 1700. The molecule has 13 heteroatoms. The minimum absolute atomic E-state index is 0.0534. The van der Waals surface area contributed by atoms with Crippen molar-refractivity contribution in [2.45, 2.75) is 89.3 Å². The van der Waals surface area contributed by atoms with Gasteiger partial charge >= 0.3 is 12.1 Å². The van der Waals surface area contributed by atoms with Crippen LogP contribution in [-0.4, -0.2) is 113 Å². The third-order valence-corrected chi connectivity index (χ3v) is 9.99. The molecule has 55 heavy (non-hydrogen) atoms. The monoisotopic (exact) mass is 760 g/mol. The van der Waals surface area contributed by atoms with Gasteiger partial charge in [-0.1, -0.05) is 66.7 Å². The van der Waals surface area contributed by atoms with E-state index in [0.717, 1.165) is 60.1 Å². The van der Waals surface area contributed by atoms with Gasteiger partial charge in [-0.05, 0) is 81.3 Å². The van der Waals surface area contributed by atoms with Crippen LogP contribution < -0.4 is 15.5 Å². The van der Waals surface area contributed by atoms with Crippen molar-refractivity contribution in [1.82, 2.24) is 20.7 Å². The van der Waals surface area contributed by atoms with E-state index in [-0.39, 0.29) is 25.2 Å². The SMILES string of the molecule is C[C@@H](C(=O)O)N(N[C@@H](Cc1ccccc1)[C@@H](O)C[C@@H](Cc1ccc(OCCN2CCOCC2)cc1)C(=O)N[C@H]1c2ccccc2C[C@H]1O)C(=O)OC(C)(C)C. The quantitative estimate of drug-likeness (QED) is 0.127. The first-order valence-electron chi connectivity index (χ1n) is 19.1. The maximum absolute atomic E-state index is 14.3. The predicted octanol–water partition coefficient (Wildman–Crippen LogP) is 3.91. The lowest BCUT2D eigenvalue weighted by molar-refractivity contribution is -0.144. The molecule has 0 saturated carbocycles. The van der Waals surface area contributed by atoms with E-state index in [9.17, 15) is 29.7 Å². The number of aliphatic hydroxyl groups excluding tert-OH is 2. The van der Waals surface area contributed by atoms with Crippen LogP contribution in [0, 0.1) is 5.92 Å². The Morgan fingerprint density at radius 1 is 0.945 bits per heavy atom. The summed E-state index contributed by atoms with van der Waals surface area (Å²) in [5, 5.41) is 36.9. The number of fused-ring (bicyclic) bond motifs is 1. The van der Waals surface area contributed by atoms with Gasteiger partial charge in [0.05, 0.1) is 37.5 Å². The topological polar surface area (TPSA) is 170 Å². The van der Waals surface area contributed by atoms with Crippen LogP contribution in [0.4, 0.5) is 4.79 Å². The van der Waals surface area contributed by atoms with Crippen LogP contribution in [0.15, 0.2) is 78.9 Å². The number of aliphatic carboxylic acids is 1. The molecule has 2 amide bonds. The number of carbonyl (C=O) groups is 3. The van der Waals surface area contributed by atoms with E-state index in [0.29, 0.717) is 18.8 Å². The van der Waals surface area contributed by atoms with Crippen LogP contribution in [0.1, 0.15) is 62.4 Å². The molecule has 1 fully saturated rings. The summed E-state index contributed by atoms with van der Waals surface area (Å²) in [6.45, 7) is 10.9. The maximum atomic E-state index is 14.3. The van der Waals surface area contributed by atoms with Crippen molar-refractivity contribution >= 4 is 18.0 Å². The zero-order valence-corrected chi connectivity index (χ0v) is 32.2. The lowest BCUT2D eigenvalue weighted by atomic mass is 9.88. The standard InChI is InChI=1S/C42H56N4O9/c1-28(40(50)51)46(41(52)55-42(2,3)4)44-35(25-29-10-6-5-7-11-29)36(47)27-32(39(49)43-38-34-13-9-8-12-31(34)26-37(38)48)24-30-14-16-33(17-15-30)54-23-20-45-18-21-53-22-19-45/h5-17,28,32,35-38,44,47-48H,18-27H2,1-4H3,(H,43,49)(H,50,51)/t28-,32+,35-,36-,37+,38-/m0/s1. The maximum Gasteiger partial charge on any atom is 0.425 e. The highest BCUT2D eigenvalue weighted by molar-refractivity contribution is 5.80. The number of aliphatic hydroxyl groups is 2. The molecule has 298 valence electrons. The van der Waals surface area contributed by atoms with Gasteiger partial charge in [0, 0.05) is 32.0 Å². The number of hydrogen-bond acceptors (Lipinski definition) is 10. The fourth-order valence-electron chi connectivity index (χ4n) is 6.94. The minimum Gasteiger partial charge on any atom is -0.492 e. The van der Waals surface area contributed by atoms with Gasteiger partial charge in [0.25, 0.3) is 0 Å². The molecule has 0 aromatic heterocycles. The number of carboxylic acid groups (broad SMARTS) is 1.